The Morgan fingerprint density at radius 2 is 2.27 bits per heavy atom. The molecule has 1 aliphatic heterocycles. The van der Waals surface area contributed by atoms with Gasteiger partial charge in [0.15, 0.2) is 0 Å². The van der Waals surface area contributed by atoms with E-state index in [4.69, 9.17) is 31.8 Å². The van der Waals surface area contributed by atoms with Crippen molar-refractivity contribution in [1.29, 1.82) is 0 Å². The number of nitrogens with one attached hydrogen (secondary N) is 2. The number of ether oxygens (including phenoxy) is 2. The summed E-state index contributed by atoms with van der Waals surface area (Å²) >= 11 is 6.52. The molecule has 2 fully saturated rings. The Labute approximate surface area is 180 Å². The Hall–Kier alpha value is -2.36. The maximum absolute atomic E-state index is 6.52. The molecule has 1 saturated heterocycles. The number of hydrogen-bond acceptors (Lipinski definition) is 8. The van der Waals surface area contributed by atoms with E-state index in [1.165, 1.54) is 6.20 Å². The van der Waals surface area contributed by atoms with Crippen LogP contribution in [0.25, 0.3) is 11.0 Å². The summed E-state index contributed by atoms with van der Waals surface area (Å²) in [7, 11) is 0. The van der Waals surface area contributed by atoms with Crippen LogP contribution < -0.4 is 15.8 Å². The lowest BCUT2D eigenvalue weighted by Gasteiger charge is -2.32. The number of nitrogens with zero attached hydrogens (tertiary/aromatic N) is 4. The molecule has 1 saturated carbocycles. The number of hydrogen-bond donors (Lipinski definition) is 3. The van der Waals surface area contributed by atoms with Crippen molar-refractivity contribution in [3.63, 3.8) is 0 Å². The summed E-state index contributed by atoms with van der Waals surface area (Å²) in [6, 6.07) is 2.59. The van der Waals surface area contributed by atoms with Gasteiger partial charge >= 0.3 is 0 Å². The molecule has 2 aromatic heterocycles. The van der Waals surface area contributed by atoms with Crippen molar-refractivity contribution in [2.24, 2.45) is 10.7 Å². The number of H-pyrrole nitrogens is 1. The Morgan fingerprint density at radius 1 is 1.43 bits per heavy atom. The first kappa shape index (κ1) is 20.9. The maximum Gasteiger partial charge on any atom is 0.232 e. The second-order valence-electron chi connectivity index (χ2n) is 7.42. The molecule has 2 aliphatic rings. The molecule has 0 aromatic carbocycles. The summed E-state index contributed by atoms with van der Waals surface area (Å²) in [6.45, 7) is 6.02. The number of aromatic nitrogens is 3. The molecule has 2 atom stereocenters. The molecule has 2 aromatic rings. The third-order valence-corrected chi connectivity index (χ3v) is 5.83. The van der Waals surface area contributed by atoms with E-state index in [2.05, 4.69) is 25.2 Å². The van der Waals surface area contributed by atoms with Crippen molar-refractivity contribution in [2.75, 3.05) is 38.2 Å². The molecule has 162 valence electrons. The second kappa shape index (κ2) is 9.63. The highest BCUT2D eigenvalue weighted by Crippen LogP contribution is 2.28. The summed E-state index contributed by atoms with van der Waals surface area (Å²) in [5.74, 6) is 0.843. The van der Waals surface area contributed by atoms with E-state index < -0.39 is 0 Å². The van der Waals surface area contributed by atoms with Crippen LogP contribution in [0, 0.1) is 0 Å². The fraction of sp³-hybridized carbons (Fsp3) is 0.550. The first-order chi connectivity index (χ1) is 14.7. The van der Waals surface area contributed by atoms with E-state index >= 15 is 0 Å². The quantitative estimate of drug-likeness (QED) is 0.574. The smallest absolute Gasteiger partial charge is 0.232 e. The van der Waals surface area contributed by atoms with Gasteiger partial charge in [0.2, 0.25) is 11.8 Å². The van der Waals surface area contributed by atoms with Crippen molar-refractivity contribution in [2.45, 2.75) is 38.3 Å². The Bertz CT molecular complexity index is 923. The number of fused-ring (bicyclic) bond motifs is 1. The highest BCUT2D eigenvalue weighted by atomic mass is 35.5. The van der Waals surface area contributed by atoms with Crippen LogP contribution in [0.4, 0.5) is 5.95 Å². The topological polar surface area (TPSA) is 114 Å². The Morgan fingerprint density at radius 3 is 3.03 bits per heavy atom. The summed E-state index contributed by atoms with van der Waals surface area (Å²) in [5.41, 5.74) is 6.97. The maximum atomic E-state index is 6.52. The van der Waals surface area contributed by atoms with E-state index in [9.17, 15) is 0 Å². The summed E-state index contributed by atoms with van der Waals surface area (Å²) in [5, 5.41) is 4.23. The van der Waals surface area contributed by atoms with Gasteiger partial charge < -0.3 is 25.5 Å². The second-order valence-corrected chi connectivity index (χ2v) is 7.78. The summed E-state index contributed by atoms with van der Waals surface area (Å²) < 4.78 is 11.1. The van der Waals surface area contributed by atoms with Gasteiger partial charge in [-0.25, -0.2) is 0 Å². The van der Waals surface area contributed by atoms with Gasteiger partial charge in [-0.3, -0.25) is 9.89 Å². The SMILES string of the molecule is CCOc1nc(NC(=CN)C(Cl)=NC2CCC(N3CCOCC3)C2)nc2[nH]ccc12. The number of aliphatic imine (C=N–C) groups is 1. The zero-order valence-electron chi connectivity index (χ0n) is 17.1. The first-order valence-corrected chi connectivity index (χ1v) is 10.8. The number of rotatable bonds is 7. The predicted molar refractivity (Wildman–Crippen MR) is 118 cm³/mol. The molecular weight excluding hydrogens is 406 g/mol. The molecule has 1 aliphatic carbocycles. The van der Waals surface area contributed by atoms with Gasteiger partial charge in [-0.15, -0.1) is 0 Å². The van der Waals surface area contributed by atoms with Gasteiger partial charge in [0.1, 0.15) is 10.8 Å². The van der Waals surface area contributed by atoms with E-state index in [-0.39, 0.29) is 6.04 Å². The van der Waals surface area contributed by atoms with Gasteiger partial charge in [0.25, 0.3) is 0 Å². The van der Waals surface area contributed by atoms with E-state index in [1.807, 2.05) is 13.0 Å². The molecule has 4 N–H and O–H groups in total. The van der Waals surface area contributed by atoms with Crippen LogP contribution in [0.3, 0.4) is 0 Å². The fourth-order valence-electron chi connectivity index (χ4n) is 4.05. The van der Waals surface area contributed by atoms with Gasteiger partial charge in [-0.1, -0.05) is 11.6 Å². The van der Waals surface area contributed by atoms with Gasteiger partial charge in [-0.05, 0) is 32.3 Å². The monoisotopic (exact) mass is 433 g/mol. The highest BCUT2D eigenvalue weighted by molar-refractivity contribution is 6.69. The van der Waals surface area contributed by atoms with Crippen LogP contribution >= 0.6 is 11.6 Å². The van der Waals surface area contributed by atoms with Crippen LogP contribution in [-0.2, 0) is 4.74 Å². The molecule has 0 spiro atoms. The molecule has 0 amide bonds. The first-order valence-electron chi connectivity index (χ1n) is 10.4. The summed E-state index contributed by atoms with van der Waals surface area (Å²) in [6.07, 6.45) is 6.31. The van der Waals surface area contributed by atoms with Crippen molar-refractivity contribution in [3.05, 3.63) is 24.2 Å². The van der Waals surface area contributed by atoms with E-state index in [0.29, 0.717) is 41.0 Å². The molecule has 30 heavy (non-hydrogen) atoms. The Balaban J connectivity index is 1.44. The lowest BCUT2D eigenvalue weighted by atomic mass is 10.2. The number of halogens is 1. The zero-order chi connectivity index (χ0) is 20.9. The average molecular weight is 434 g/mol. The highest BCUT2D eigenvalue weighted by Gasteiger charge is 2.30. The van der Waals surface area contributed by atoms with Gasteiger partial charge in [-0.2, -0.15) is 9.97 Å². The number of aromatic amines is 1. The van der Waals surface area contributed by atoms with Crippen molar-refractivity contribution >= 4 is 33.8 Å². The molecule has 10 heteroatoms. The predicted octanol–water partition coefficient (Wildman–Crippen LogP) is 2.46. The fourth-order valence-corrected chi connectivity index (χ4v) is 4.30. The van der Waals surface area contributed by atoms with Gasteiger partial charge in [0.05, 0.1) is 36.9 Å². The van der Waals surface area contributed by atoms with E-state index in [1.54, 1.807) is 6.20 Å². The number of anilines is 1. The minimum absolute atomic E-state index is 0.174. The van der Waals surface area contributed by atoms with Crippen LogP contribution in [0.2, 0.25) is 0 Å². The number of allylic oxidation sites excluding steroid dienone is 1. The lowest BCUT2D eigenvalue weighted by molar-refractivity contribution is 0.0178. The van der Waals surface area contributed by atoms with E-state index in [0.717, 1.165) is 51.0 Å². The molecular formula is C20H28ClN7O2. The average Bonchev–Trinajstić information content (AvgIpc) is 3.42. The van der Waals surface area contributed by atoms with Gasteiger partial charge in [0, 0.05) is 31.5 Å². The molecule has 4 rings (SSSR count). The third kappa shape index (κ3) is 4.69. The van der Waals surface area contributed by atoms with Crippen LogP contribution in [0.1, 0.15) is 26.2 Å². The van der Waals surface area contributed by atoms with Crippen molar-refractivity contribution in [1.82, 2.24) is 19.9 Å². The minimum Gasteiger partial charge on any atom is -0.477 e. The number of nitrogens with two attached hydrogens (primary N) is 1. The zero-order valence-corrected chi connectivity index (χ0v) is 17.9. The Kier molecular flexibility index (Phi) is 6.71. The molecule has 3 heterocycles. The summed E-state index contributed by atoms with van der Waals surface area (Å²) in [4.78, 5) is 19.2. The normalized spacial score (nSPS) is 23.8. The molecule has 0 bridgehead atoms. The van der Waals surface area contributed by atoms with Crippen molar-refractivity contribution in [3.8, 4) is 5.88 Å². The minimum atomic E-state index is 0.174. The largest absolute Gasteiger partial charge is 0.477 e. The number of morpholine rings is 1. The van der Waals surface area contributed by atoms with Crippen LogP contribution in [0.5, 0.6) is 5.88 Å². The molecule has 0 radical (unpaired) electrons. The van der Waals surface area contributed by atoms with Crippen LogP contribution in [0.15, 0.2) is 29.2 Å². The van der Waals surface area contributed by atoms with Crippen LogP contribution in [-0.4, -0.2) is 70.0 Å². The standard InChI is InChI=1S/C20H28ClN7O2/c1-2-30-19-15-5-6-23-18(15)26-20(27-19)25-16(12-22)17(21)24-13-3-4-14(11-13)28-7-9-29-10-8-28/h5-6,12-14H,2-4,7-11,22H2,1H3,(H2,23,25,26,27). The third-order valence-electron chi connectivity index (χ3n) is 5.53. The lowest BCUT2D eigenvalue weighted by Crippen LogP contribution is -2.42. The van der Waals surface area contributed by atoms with Crippen molar-refractivity contribution < 1.29 is 9.47 Å². The molecule has 2 unspecified atom stereocenters. The molecule has 9 nitrogen and oxygen atoms in total.